The number of H-pyrrole nitrogens is 1. The number of aryl methyl sites for hydroxylation is 1. The fraction of sp³-hybridized carbons (Fsp3) is 0.545. The number of aliphatic carboxylic acids is 1. The van der Waals surface area contributed by atoms with Crippen molar-refractivity contribution < 1.29 is 9.90 Å². The van der Waals surface area contributed by atoms with Crippen molar-refractivity contribution in [3.8, 4) is 0 Å². The molecule has 84 valence electrons. The van der Waals surface area contributed by atoms with Gasteiger partial charge in [0.2, 0.25) is 0 Å². The van der Waals surface area contributed by atoms with Gasteiger partial charge < -0.3 is 15.8 Å². The Hall–Kier alpha value is -1.29. The van der Waals surface area contributed by atoms with E-state index in [9.17, 15) is 4.79 Å². The highest BCUT2D eigenvalue weighted by atomic mass is 16.4. The predicted molar refractivity (Wildman–Crippen MR) is 58.6 cm³/mol. The molecule has 4 heteroatoms. The number of carboxylic acid groups (broad SMARTS) is 1. The summed E-state index contributed by atoms with van der Waals surface area (Å²) >= 11 is 0. The molecular weight excluding hydrogens is 192 g/mol. The fourth-order valence-electron chi connectivity index (χ4n) is 1.48. The highest BCUT2D eigenvalue weighted by Crippen LogP contribution is 2.12. The molecule has 0 aromatic carbocycles. The first kappa shape index (κ1) is 11.8. The second-order valence-corrected chi connectivity index (χ2v) is 3.71. The maximum absolute atomic E-state index is 10.6. The summed E-state index contributed by atoms with van der Waals surface area (Å²) in [4.78, 5) is 13.7. The van der Waals surface area contributed by atoms with Crippen LogP contribution in [0.3, 0.4) is 0 Å². The number of carbonyl (C=O) groups is 1. The molecule has 1 aromatic rings. The van der Waals surface area contributed by atoms with Crippen LogP contribution in [0.15, 0.2) is 12.1 Å². The first-order valence-electron chi connectivity index (χ1n) is 5.31. The van der Waals surface area contributed by atoms with Gasteiger partial charge in [0.15, 0.2) is 0 Å². The summed E-state index contributed by atoms with van der Waals surface area (Å²) < 4.78 is 0. The largest absolute Gasteiger partial charge is 0.480 e. The van der Waals surface area contributed by atoms with E-state index in [0.717, 1.165) is 18.5 Å². The van der Waals surface area contributed by atoms with Crippen LogP contribution in [-0.4, -0.2) is 16.1 Å². The van der Waals surface area contributed by atoms with Gasteiger partial charge in [-0.05, 0) is 25.0 Å². The summed E-state index contributed by atoms with van der Waals surface area (Å²) in [5, 5.41) is 8.71. The summed E-state index contributed by atoms with van der Waals surface area (Å²) in [5.74, 6) is -1.00. The molecule has 0 saturated carbocycles. The molecule has 1 heterocycles. The number of carboxylic acids is 1. The standard InChI is InChI=1S/C11H18N2O2/c1-2-3-4-5-8-6-7-9(13-8)10(12)11(14)15/h6-7,10,13H,2-5,12H2,1H3,(H,14,15). The molecule has 1 aromatic heterocycles. The third kappa shape index (κ3) is 3.40. The minimum atomic E-state index is -1.00. The average Bonchev–Trinajstić information content (AvgIpc) is 2.65. The molecule has 1 unspecified atom stereocenters. The van der Waals surface area contributed by atoms with Gasteiger partial charge in [-0.1, -0.05) is 19.8 Å². The van der Waals surface area contributed by atoms with Crippen molar-refractivity contribution in [2.24, 2.45) is 5.73 Å². The molecule has 1 rings (SSSR count). The summed E-state index contributed by atoms with van der Waals surface area (Å²) in [7, 11) is 0. The molecule has 0 bridgehead atoms. The topological polar surface area (TPSA) is 79.1 Å². The minimum absolute atomic E-state index is 0.578. The molecule has 0 aliphatic carbocycles. The van der Waals surface area contributed by atoms with Crippen LogP contribution >= 0.6 is 0 Å². The summed E-state index contributed by atoms with van der Waals surface area (Å²) in [6.45, 7) is 2.15. The molecule has 4 N–H and O–H groups in total. The van der Waals surface area contributed by atoms with Crippen molar-refractivity contribution in [1.29, 1.82) is 0 Å². The molecule has 15 heavy (non-hydrogen) atoms. The van der Waals surface area contributed by atoms with Gasteiger partial charge in [0.25, 0.3) is 0 Å². The Bertz CT molecular complexity index is 320. The minimum Gasteiger partial charge on any atom is -0.480 e. The Morgan fingerprint density at radius 3 is 2.87 bits per heavy atom. The van der Waals surface area contributed by atoms with Gasteiger partial charge >= 0.3 is 5.97 Å². The lowest BCUT2D eigenvalue weighted by Crippen LogP contribution is -2.20. The fourth-order valence-corrected chi connectivity index (χ4v) is 1.48. The van der Waals surface area contributed by atoms with E-state index in [1.807, 2.05) is 6.07 Å². The second-order valence-electron chi connectivity index (χ2n) is 3.71. The highest BCUT2D eigenvalue weighted by molar-refractivity contribution is 5.74. The number of rotatable bonds is 6. The van der Waals surface area contributed by atoms with E-state index >= 15 is 0 Å². The first-order valence-corrected chi connectivity index (χ1v) is 5.31. The van der Waals surface area contributed by atoms with E-state index < -0.39 is 12.0 Å². The van der Waals surface area contributed by atoms with Crippen LogP contribution in [0.1, 0.15) is 43.6 Å². The van der Waals surface area contributed by atoms with E-state index in [-0.39, 0.29) is 0 Å². The van der Waals surface area contributed by atoms with Crippen molar-refractivity contribution in [3.05, 3.63) is 23.5 Å². The Labute approximate surface area is 89.5 Å². The molecule has 0 amide bonds. The zero-order valence-corrected chi connectivity index (χ0v) is 8.99. The van der Waals surface area contributed by atoms with Crippen LogP contribution in [0.5, 0.6) is 0 Å². The smallest absolute Gasteiger partial charge is 0.326 e. The molecular formula is C11H18N2O2. The number of nitrogens with two attached hydrogens (primary N) is 1. The summed E-state index contributed by atoms with van der Waals surface area (Å²) in [5.41, 5.74) is 7.12. The summed E-state index contributed by atoms with van der Waals surface area (Å²) in [6.07, 6.45) is 4.46. The lowest BCUT2D eigenvalue weighted by atomic mass is 10.2. The van der Waals surface area contributed by atoms with E-state index in [4.69, 9.17) is 10.8 Å². The van der Waals surface area contributed by atoms with E-state index in [1.165, 1.54) is 12.8 Å². The molecule has 0 radical (unpaired) electrons. The van der Waals surface area contributed by atoms with Crippen molar-refractivity contribution in [1.82, 2.24) is 4.98 Å². The Balaban J connectivity index is 2.52. The lowest BCUT2D eigenvalue weighted by molar-refractivity contribution is -0.138. The monoisotopic (exact) mass is 210 g/mol. The van der Waals surface area contributed by atoms with Crippen LogP contribution in [-0.2, 0) is 11.2 Å². The Morgan fingerprint density at radius 2 is 2.27 bits per heavy atom. The molecule has 0 aliphatic rings. The van der Waals surface area contributed by atoms with Crippen LogP contribution in [0.2, 0.25) is 0 Å². The molecule has 0 spiro atoms. The van der Waals surface area contributed by atoms with Gasteiger partial charge in [-0.2, -0.15) is 0 Å². The van der Waals surface area contributed by atoms with Crippen LogP contribution in [0, 0.1) is 0 Å². The molecule has 1 atom stereocenters. The number of unbranched alkanes of at least 4 members (excludes halogenated alkanes) is 2. The number of hydrogen-bond acceptors (Lipinski definition) is 2. The van der Waals surface area contributed by atoms with Crippen LogP contribution < -0.4 is 5.73 Å². The Kier molecular flexibility index (Phi) is 4.37. The van der Waals surface area contributed by atoms with E-state index in [2.05, 4.69) is 11.9 Å². The van der Waals surface area contributed by atoms with Gasteiger partial charge in [-0.25, -0.2) is 0 Å². The van der Waals surface area contributed by atoms with Crippen LogP contribution in [0.25, 0.3) is 0 Å². The van der Waals surface area contributed by atoms with Gasteiger partial charge in [0, 0.05) is 11.4 Å². The molecule has 0 saturated heterocycles. The van der Waals surface area contributed by atoms with Gasteiger partial charge in [-0.15, -0.1) is 0 Å². The molecule has 4 nitrogen and oxygen atoms in total. The van der Waals surface area contributed by atoms with Gasteiger partial charge in [-0.3, -0.25) is 4.79 Å². The maximum atomic E-state index is 10.6. The van der Waals surface area contributed by atoms with Crippen molar-refractivity contribution in [3.63, 3.8) is 0 Å². The summed E-state index contributed by atoms with van der Waals surface area (Å²) in [6, 6.07) is 2.72. The maximum Gasteiger partial charge on any atom is 0.326 e. The number of aromatic nitrogens is 1. The third-order valence-electron chi connectivity index (χ3n) is 2.42. The van der Waals surface area contributed by atoms with E-state index in [1.54, 1.807) is 6.07 Å². The van der Waals surface area contributed by atoms with Gasteiger partial charge in [0.05, 0.1) is 0 Å². The first-order chi connectivity index (χ1) is 7.15. The number of nitrogens with one attached hydrogen (secondary N) is 1. The van der Waals surface area contributed by atoms with E-state index in [0.29, 0.717) is 5.69 Å². The number of hydrogen-bond donors (Lipinski definition) is 3. The van der Waals surface area contributed by atoms with Crippen molar-refractivity contribution in [2.75, 3.05) is 0 Å². The normalized spacial score (nSPS) is 12.7. The molecule has 0 fully saturated rings. The number of aromatic amines is 1. The van der Waals surface area contributed by atoms with Crippen LogP contribution in [0.4, 0.5) is 0 Å². The SMILES string of the molecule is CCCCCc1ccc(C(N)C(=O)O)[nH]1. The zero-order chi connectivity index (χ0) is 11.3. The molecule has 0 aliphatic heterocycles. The Morgan fingerprint density at radius 1 is 1.53 bits per heavy atom. The third-order valence-corrected chi connectivity index (χ3v) is 2.42. The van der Waals surface area contributed by atoms with Crippen molar-refractivity contribution >= 4 is 5.97 Å². The highest BCUT2D eigenvalue weighted by Gasteiger charge is 2.15. The van der Waals surface area contributed by atoms with Crippen molar-refractivity contribution in [2.45, 2.75) is 38.6 Å². The van der Waals surface area contributed by atoms with Gasteiger partial charge in [0.1, 0.15) is 6.04 Å². The second kappa shape index (κ2) is 5.56. The predicted octanol–water partition coefficient (Wildman–Crippen LogP) is 1.83. The average molecular weight is 210 g/mol. The lowest BCUT2D eigenvalue weighted by Gasteiger charge is -2.03. The quantitative estimate of drug-likeness (QED) is 0.627. The zero-order valence-electron chi connectivity index (χ0n) is 8.99.